The van der Waals surface area contributed by atoms with E-state index in [1.54, 1.807) is 17.5 Å². The summed E-state index contributed by atoms with van der Waals surface area (Å²) in [7, 11) is 2.21. The lowest BCUT2D eigenvalue weighted by molar-refractivity contribution is 0.0658. The van der Waals surface area contributed by atoms with Gasteiger partial charge in [0.1, 0.15) is 5.01 Å². The largest absolute Gasteiger partial charge is 0.367 e. The van der Waals surface area contributed by atoms with Gasteiger partial charge in [-0.15, -0.1) is 11.3 Å². The smallest absolute Gasteiger partial charge is 0.255 e. The first-order valence-corrected chi connectivity index (χ1v) is 9.07. The Morgan fingerprint density at radius 3 is 3.00 bits per heavy atom. The number of amides is 1. The van der Waals surface area contributed by atoms with Crippen molar-refractivity contribution in [2.75, 3.05) is 20.1 Å². The van der Waals surface area contributed by atoms with Gasteiger partial charge >= 0.3 is 0 Å². The summed E-state index contributed by atoms with van der Waals surface area (Å²) < 4.78 is 0. The molecule has 122 valence electrons. The summed E-state index contributed by atoms with van der Waals surface area (Å²) in [5.41, 5.74) is 1.20. The molecule has 1 saturated heterocycles. The summed E-state index contributed by atoms with van der Waals surface area (Å²) in [5, 5.41) is 3.23. The third kappa shape index (κ3) is 2.81. The molecule has 1 aliphatic carbocycles. The number of rotatable bonds is 4. The van der Waals surface area contributed by atoms with Crippen molar-refractivity contribution >= 4 is 17.2 Å². The molecule has 0 bridgehead atoms. The number of nitrogens with one attached hydrogen (secondary N) is 1. The van der Waals surface area contributed by atoms with E-state index in [2.05, 4.69) is 21.9 Å². The number of aromatic amines is 1. The van der Waals surface area contributed by atoms with Crippen molar-refractivity contribution in [2.24, 2.45) is 5.41 Å². The second-order valence-electron chi connectivity index (χ2n) is 6.82. The number of likely N-dealkylation sites (tertiary alicyclic amines) is 1. The SMILES string of the molecule is CN(Cc1nccs1)C1CC12CCN(C(=O)c1cc[nH]c1)CC2. The zero-order valence-electron chi connectivity index (χ0n) is 13.4. The van der Waals surface area contributed by atoms with Gasteiger partial charge in [0.05, 0.1) is 12.1 Å². The van der Waals surface area contributed by atoms with E-state index in [4.69, 9.17) is 0 Å². The predicted octanol–water partition coefficient (Wildman–Crippen LogP) is 2.60. The van der Waals surface area contributed by atoms with Gasteiger partial charge in [-0.25, -0.2) is 4.98 Å². The minimum absolute atomic E-state index is 0.162. The molecule has 1 aliphatic heterocycles. The van der Waals surface area contributed by atoms with Gasteiger partial charge in [-0.1, -0.05) is 0 Å². The van der Waals surface area contributed by atoms with Crippen LogP contribution in [0.1, 0.15) is 34.6 Å². The highest BCUT2D eigenvalue weighted by Gasteiger charge is 2.56. The number of carbonyl (C=O) groups is 1. The van der Waals surface area contributed by atoms with Crippen molar-refractivity contribution in [3.05, 3.63) is 40.6 Å². The van der Waals surface area contributed by atoms with Crippen molar-refractivity contribution in [3.8, 4) is 0 Å². The van der Waals surface area contributed by atoms with Gasteiger partial charge in [0.15, 0.2) is 0 Å². The Bertz CT molecular complexity index is 659. The molecule has 0 aromatic carbocycles. The monoisotopic (exact) mass is 330 g/mol. The molecule has 1 amide bonds. The first-order valence-electron chi connectivity index (χ1n) is 8.19. The first kappa shape index (κ1) is 14.9. The van der Waals surface area contributed by atoms with Crippen LogP contribution in [0.3, 0.4) is 0 Å². The number of piperidine rings is 1. The van der Waals surface area contributed by atoms with E-state index < -0.39 is 0 Å². The van der Waals surface area contributed by atoms with Crippen molar-refractivity contribution in [1.29, 1.82) is 0 Å². The molecule has 1 spiro atoms. The molecule has 2 aliphatic rings. The molecular formula is C17H22N4OS. The van der Waals surface area contributed by atoms with Crippen molar-refractivity contribution in [3.63, 3.8) is 0 Å². The molecular weight excluding hydrogens is 308 g/mol. The fourth-order valence-corrected chi connectivity index (χ4v) is 4.61. The van der Waals surface area contributed by atoms with Gasteiger partial charge in [0.2, 0.25) is 0 Å². The van der Waals surface area contributed by atoms with Crippen LogP contribution in [0.5, 0.6) is 0 Å². The van der Waals surface area contributed by atoms with Crippen LogP contribution < -0.4 is 0 Å². The number of hydrogen-bond acceptors (Lipinski definition) is 4. The highest BCUT2D eigenvalue weighted by atomic mass is 32.1. The Morgan fingerprint density at radius 1 is 1.52 bits per heavy atom. The number of hydrogen-bond donors (Lipinski definition) is 1. The maximum absolute atomic E-state index is 12.4. The summed E-state index contributed by atoms with van der Waals surface area (Å²) in [4.78, 5) is 24.2. The van der Waals surface area contributed by atoms with Crippen LogP contribution in [0.4, 0.5) is 0 Å². The van der Waals surface area contributed by atoms with Gasteiger partial charge in [-0.3, -0.25) is 9.69 Å². The number of H-pyrrole nitrogens is 1. The van der Waals surface area contributed by atoms with E-state index in [0.29, 0.717) is 11.5 Å². The summed E-state index contributed by atoms with van der Waals surface area (Å²) in [5.74, 6) is 0.162. The van der Waals surface area contributed by atoms with Crippen LogP contribution in [0.15, 0.2) is 30.0 Å². The van der Waals surface area contributed by atoms with Crippen molar-refractivity contribution in [1.82, 2.24) is 19.8 Å². The third-order valence-electron chi connectivity index (χ3n) is 5.44. The summed E-state index contributed by atoms with van der Waals surface area (Å²) in [6, 6.07) is 2.50. The van der Waals surface area contributed by atoms with Gasteiger partial charge < -0.3 is 9.88 Å². The van der Waals surface area contributed by atoms with Crippen molar-refractivity contribution < 1.29 is 4.79 Å². The topological polar surface area (TPSA) is 52.2 Å². The zero-order chi connectivity index (χ0) is 15.9. The molecule has 6 heteroatoms. The highest BCUT2D eigenvalue weighted by molar-refractivity contribution is 7.09. The van der Waals surface area contributed by atoms with E-state index in [1.165, 1.54) is 11.4 Å². The number of thiazole rings is 1. The molecule has 3 heterocycles. The quantitative estimate of drug-likeness (QED) is 0.937. The van der Waals surface area contributed by atoms with E-state index in [-0.39, 0.29) is 5.91 Å². The lowest BCUT2D eigenvalue weighted by Crippen LogP contribution is -2.41. The Balaban J connectivity index is 1.32. The second-order valence-corrected chi connectivity index (χ2v) is 7.79. The van der Waals surface area contributed by atoms with Crippen LogP contribution in [0, 0.1) is 5.41 Å². The average molecular weight is 330 g/mol. The van der Waals surface area contributed by atoms with Crippen molar-refractivity contribution in [2.45, 2.75) is 31.8 Å². The number of carbonyl (C=O) groups excluding carboxylic acids is 1. The molecule has 1 unspecified atom stereocenters. The molecule has 0 radical (unpaired) electrons. The normalized spacial score (nSPS) is 22.7. The Hall–Kier alpha value is -1.66. The average Bonchev–Trinajstić information content (AvgIpc) is 2.99. The van der Waals surface area contributed by atoms with Crippen LogP contribution in [0.25, 0.3) is 0 Å². The molecule has 23 heavy (non-hydrogen) atoms. The predicted molar refractivity (Wildman–Crippen MR) is 90.3 cm³/mol. The zero-order valence-corrected chi connectivity index (χ0v) is 14.2. The molecule has 1 saturated carbocycles. The molecule has 5 nitrogen and oxygen atoms in total. The second kappa shape index (κ2) is 5.76. The lowest BCUT2D eigenvalue weighted by atomic mass is 9.92. The Kier molecular flexibility index (Phi) is 3.73. The Morgan fingerprint density at radius 2 is 2.35 bits per heavy atom. The van der Waals surface area contributed by atoms with E-state index in [1.807, 2.05) is 28.7 Å². The standard InChI is InChI=1S/C17H22N4OS/c1-20(12-15-19-6-9-23-15)14-10-17(14)3-7-21(8-4-17)16(22)13-2-5-18-11-13/h2,5-6,9,11,14,18H,3-4,7-8,10,12H2,1H3. The molecule has 1 N–H and O–H groups in total. The molecule has 1 atom stereocenters. The maximum atomic E-state index is 12.4. The van der Waals surface area contributed by atoms with Crippen LogP contribution in [-0.2, 0) is 6.54 Å². The third-order valence-corrected chi connectivity index (χ3v) is 6.20. The van der Waals surface area contributed by atoms with E-state index in [9.17, 15) is 4.79 Å². The highest BCUT2D eigenvalue weighted by Crippen LogP contribution is 2.56. The lowest BCUT2D eigenvalue weighted by Gasteiger charge is -2.34. The van der Waals surface area contributed by atoms with E-state index >= 15 is 0 Å². The maximum Gasteiger partial charge on any atom is 0.255 e. The summed E-state index contributed by atoms with van der Waals surface area (Å²) in [6.45, 7) is 2.70. The Labute approximate surface area is 140 Å². The van der Waals surface area contributed by atoms with E-state index in [0.717, 1.165) is 38.0 Å². The summed E-state index contributed by atoms with van der Waals surface area (Å²) in [6.07, 6.45) is 8.98. The van der Waals surface area contributed by atoms with Gasteiger partial charge in [0, 0.05) is 43.1 Å². The molecule has 2 aromatic heterocycles. The number of nitrogens with zero attached hydrogens (tertiary/aromatic N) is 3. The van der Waals surface area contributed by atoms with Crippen LogP contribution >= 0.6 is 11.3 Å². The van der Waals surface area contributed by atoms with Crippen LogP contribution in [-0.4, -0.2) is 51.9 Å². The molecule has 2 aromatic rings. The minimum atomic E-state index is 0.162. The summed E-state index contributed by atoms with van der Waals surface area (Å²) >= 11 is 1.73. The fraction of sp³-hybridized carbons (Fsp3) is 0.529. The van der Waals surface area contributed by atoms with Gasteiger partial charge in [-0.2, -0.15) is 0 Å². The minimum Gasteiger partial charge on any atom is -0.367 e. The van der Waals surface area contributed by atoms with Gasteiger partial charge in [-0.05, 0) is 37.8 Å². The van der Waals surface area contributed by atoms with Gasteiger partial charge in [0.25, 0.3) is 5.91 Å². The van der Waals surface area contributed by atoms with Crippen LogP contribution in [0.2, 0.25) is 0 Å². The molecule has 4 rings (SSSR count). The molecule has 2 fully saturated rings. The number of aromatic nitrogens is 2. The first-order chi connectivity index (χ1) is 11.2. The fourth-order valence-electron chi connectivity index (χ4n) is 3.94.